The molecule has 106 valence electrons. The van der Waals surface area contributed by atoms with Crippen LogP contribution in [0.25, 0.3) is 11.1 Å². The van der Waals surface area contributed by atoms with Gasteiger partial charge in [-0.05, 0) is 35.9 Å². The summed E-state index contributed by atoms with van der Waals surface area (Å²) in [6.07, 6.45) is 0. The number of halogens is 2. The van der Waals surface area contributed by atoms with E-state index < -0.39 is 0 Å². The molecule has 0 amide bonds. The maximum absolute atomic E-state index is 14.2. The van der Waals surface area contributed by atoms with Crippen LogP contribution < -0.4 is 10.1 Å². The first-order valence-electron chi connectivity index (χ1n) is 6.48. The molecule has 0 aliphatic rings. The molecule has 0 atom stereocenters. The van der Waals surface area contributed by atoms with E-state index in [-0.39, 0.29) is 5.82 Å². The van der Waals surface area contributed by atoms with Crippen LogP contribution in [0, 0.1) is 5.82 Å². The summed E-state index contributed by atoms with van der Waals surface area (Å²) < 4.78 is 19.4. The first kappa shape index (κ1) is 14.8. The van der Waals surface area contributed by atoms with Gasteiger partial charge in [0.25, 0.3) is 0 Å². The number of rotatable bonds is 5. The lowest BCUT2D eigenvalue weighted by molar-refractivity contribution is 0.415. The Morgan fingerprint density at radius 2 is 2.00 bits per heavy atom. The fourth-order valence-corrected chi connectivity index (χ4v) is 2.19. The third-order valence-corrected chi connectivity index (χ3v) is 3.39. The molecule has 0 unspecified atom stereocenters. The fraction of sp³-hybridized carbons (Fsp3) is 0.250. The van der Waals surface area contributed by atoms with Gasteiger partial charge in [-0.15, -0.1) is 0 Å². The summed E-state index contributed by atoms with van der Waals surface area (Å²) in [5, 5.41) is 3.69. The van der Waals surface area contributed by atoms with Crippen LogP contribution in [0.2, 0.25) is 5.02 Å². The molecule has 4 heteroatoms. The van der Waals surface area contributed by atoms with Crippen LogP contribution in [0.1, 0.15) is 12.5 Å². The summed E-state index contributed by atoms with van der Waals surface area (Å²) in [5.74, 6) is 0.296. The highest BCUT2D eigenvalue weighted by Gasteiger charge is 2.09. The van der Waals surface area contributed by atoms with Crippen LogP contribution in [0.15, 0.2) is 36.4 Å². The Morgan fingerprint density at radius 3 is 2.65 bits per heavy atom. The van der Waals surface area contributed by atoms with Gasteiger partial charge in [0.2, 0.25) is 0 Å². The Balaban J connectivity index is 2.33. The number of ether oxygens (including phenoxy) is 1. The maximum atomic E-state index is 14.2. The summed E-state index contributed by atoms with van der Waals surface area (Å²) in [5.41, 5.74) is 2.22. The van der Waals surface area contributed by atoms with Crippen LogP contribution in [0.4, 0.5) is 4.39 Å². The highest BCUT2D eigenvalue weighted by molar-refractivity contribution is 6.32. The lowest BCUT2D eigenvalue weighted by atomic mass is 10.0. The van der Waals surface area contributed by atoms with Gasteiger partial charge in [0.05, 0.1) is 12.1 Å². The lowest BCUT2D eigenvalue weighted by Gasteiger charge is -2.09. The molecular formula is C16H17ClFNO. The molecule has 0 radical (unpaired) electrons. The Bertz CT molecular complexity index is 601. The molecule has 0 aromatic heterocycles. The monoisotopic (exact) mass is 293 g/mol. The maximum Gasteiger partial charge on any atom is 0.138 e. The van der Waals surface area contributed by atoms with E-state index in [0.717, 1.165) is 17.7 Å². The summed E-state index contributed by atoms with van der Waals surface area (Å²) in [4.78, 5) is 0. The zero-order valence-corrected chi connectivity index (χ0v) is 12.3. The fourth-order valence-electron chi connectivity index (χ4n) is 2.00. The van der Waals surface area contributed by atoms with E-state index in [2.05, 4.69) is 5.32 Å². The van der Waals surface area contributed by atoms with Crippen LogP contribution in [0.3, 0.4) is 0 Å². The van der Waals surface area contributed by atoms with E-state index in [1.165, 1.54) is 0 Å². The van der Waals surface area contributed by atoms with Crippen LogP contribution in [0.5, 0.6) is 5.75 Å². The van der Waals surface area contributed by atoms with Gasteiger partial charge in [-0.2, -0.15) is 0 Å². The van der Waals surface area contributed by atoms with Crippen LogP contribution in [-0.2, 0) is 6.54 Å². The summed E-state index contributed by atoms with van der Waals surface area (Å²) in [6.45, 7) is 3.54. The second kappa shape index (κ2) is 6.73. The third kappa shape index (κ3) is 3.30. The normalized spacial score (nSPS) is 10.6. The molecule has 0 saturated carbocycles. The van der Waals surface area contributed by atoms with Crippen molar-refractivity contribution in [3.63, 3.8) is 0 Å². The van der Waals surface area contributed by atoms with Gasteiger partial charge in [0, 0.05) is 12.1 Å². The molecule has 0 aliphatic carbocycles. The summed E-state index contributed by atoms with van der Waals surface area (Å²) in [7, 11) is 1.54. The Hall–Kier alpha value is -1.58. The number of nitrogens with one attached hydrogen (secondary N) is 1. The molecule has 0 fully saturated rings. The van der Waals surface area contributed by atoms with Gasteiger partial charge in [-0.1, -0.05) is 36.7 Å². The Kier molecular flexibility index (Phi) is 4.99. The second-order valence-corrected chi connectivity index (χ2v) is 4.85. The van der Waals surface area contributed by atoms with Crippen molar-refractivity contribution in [3.05, 3.63) is 52.8 Å². The van der Waals surface area contributed by atoms with E-state index >= 15 is 0 Å². The molecule has 1 N–H and O–H groups in total. The quantitative estimate of drug-likeness (QED) is 0.889. The largest absolute Gasteiger partial charge is 0.495 e. The number of hydrogen-bond donors (Lipinski definition) is 1. The molecular weight excluding hydrogens is 277 g/mol. The smallest absolute Gasteiger partial charge is 0.138 e. The van der Waals surface area contributed by atoms with Gasteiger partial charge >= 0.3 is 0 Å². The number of benzene rings is 2. The molecule has 0 heterocycles. The van der Waals surface area contributed by atoms with Crippen molar-refractivity contribution in [2.24, 2.45) is 0 Å². The first-order chi connectivity index (χ1) is 9.65. The molecule has 2 rings (SSSR count). The minimum absolute atomic E-state index is 0.246. The topological polar surface area (TPSA) is 21.3 Å². The minimum Gasteiger partial charge on any atom is -0.495 e. The van der Waals surface area contributed by atoms with Crippen LogP contribution >= 0.6 is 11.6 Å². The van der Waals surface area contributed by atoms with E-state index in [4.69, 9.17) is 16.3 Å². The van der Waals surface area contributed by atoms with Crippen LogP contribution in [-0.4, -0.2) is 13.7 Å². The zero-order chi connectivity index (χ0) is 14.5. The van der Waals surface area contributed by atoms with Gasteiger partial charge < -0.3 is 10.1 Å². The second-order valence-electron chi connectivity index (χ2n) is 4.44. The molecule has 0 bridgehead atoms. The van der Waals surface area contributed by atoms with Crippen molar-refractivity contribution < 1.29 is 9.13 Å². The van der Waals surface area contributed by atoms with Crippen molar-refractivity contribution in [2.45, 2.75) is 13.5 Å². The molecule has 0 aliphatic heterocycles. The SMILES string of the molecule is CCNCc1ccc(-c2ccc(Cl)c(OC)c2)c(F)c1. The van der Waals surface area contributed by atoms with E-state index in [0.29, 0.717) is 22.9 Å². The molecule has 20 heavy (non-hydrogen) atoms. The van der Waals surface area contributed by atoms with E-state index in [1.54, 1.807) is 37.4 Å². The van der Waals surface area contributed by atoms with Gasteiger partial charge in [0.15, 0.2) is 0 Å². The number of hydrogen-bond acceptors (Lipinski definition) is 2. The van der Waals surface area contributed by atoms with Crippen molar-refractivity contribution in [1.82, 2.24) is 5.32 Å². The standard InChI is InChI=1S/C16H17ClFNO/c1-3-19-10-11-4-6-13(15(18)8-11)12-5-7-14(17)16(9-12)20-2/h4-9,19H,3,10H2,1-2H3. The van der Waals surface area contributed by atoms with E-state index in [9.17, 15) is 4.39 Å². The first-order valence-corrected chi connectivity index (χ1v) is 6.86. The van der Waals surface area contributed by atoms with Crippen molar-refractivity contribution in [1.29, 1.82) is 0 Å². The average molecular weight is 294 g/mol. The highest BCUT2D eigenvalue weighted by atomic mass is 35.5. The van der Waals surface area contributed by atoms with Crippen molar-refractivity contribution in [2.75, 3.05) is 13.7 Å². The van der Waals surface area contributed by atoms with Crippen molar-refractivity contribution in [3.8, 4) is 16.9 Å². The Labute approximate surface area is 123 Å². The minimum atomic E-state index is -0.246. The molecule has 0 saturated heterocycles. The zero-order valence-electron chi connectivity index (χ0n) is 11.5. The predicted molar refractivity (Wildman–Crippen MR) is 80.8 cm³/mol. The summed E-state index contributed by atoms with van der Waals surface area (Å²) >= 11 is 5.98. The molecule has 0 spiro atoms. The lowest BCUT2D eigenvalue weighted by Crippen LogP contribution is -2.11. The molecule has 2 aromatic carbocycles. The third-order valence-electron chi connectivity index (χ3n) is 3.07. The average Bonchev–Trinajstić information content (AvgIpc) is 2.46. The number of methoxy groups -OCH3 is 1. The van der Waals surface area contributed by atoms with E-state index in [1.807, 2.05) is 13.0 Å². The highest BCUT2D eigenvalue weighted by Crippen LogP contribution is 2.31. The van der Waals surface area contributed by atoms with Gasteiger partial charge in [0.1, 0.15) is 11.6 Å². The van der Waals surface area contributed by atoms with Crippen molar-refractivity contribution >= 4 is 11.6 Å². The van der Waals surface area contributed by atoms with Gasteiger partial charge in [-0.25, -0.2) is 4.39 Å². The molecule has 2 aromatic rings. The summed E-state index contributed by atoms with van der Waals surface area (Å²) in [6, 6.07) is 10.5. The Morgan fingerprint density at radius 1 is 1.20 bits per heavy atom. The molecule has 2 nitrogen and oxygen atoms in total. The predicted octanol–water partition coefficient (Wildman–Crippen LogP) is 4.26. The van der Waals surface area contributed by atoms with Gasteiger partial charge in [-0.3, -0.25) is 0 Å².